The van der Waals surface area contributed by atoms with Crippen LogP contribution in [0.25, 0.3) is 10.8 Å². The second kappa shape index (κ2) is 7.75. The van der Waals surface area contributed by atoms with E-state index in [1.54, 1.807) is 18.2 Å². The fourth-order valence-electron chi connectivity index (χ4n) is 3.79. The van der Waals surface area contributed by atoms with Crippen molar-refractivity contribution in [3.8, 4) is 0 Å². The van der Waals surface area contributed by atoms with Crippen LogP contribution in [0.5, 0.6) is 0 Å². The van der Waals surface area contributed by atoms with Crippen LogP contribution in [0.15, 0.2) is 40.9 Å². The molecular formula is C22H18BrN3O5. The van der Waals surface area contributed by atoms with Gasteiger partial charge in [-0.2, -0.15) is 0 Å². The molecule has 2 N–H and O–H groups in total. The number of aryl methyl sites for hydroxylation is 2. The number of halogens is 1. The molecule has 0 aromatic heterocycles. The maximum Gasteiger partial charge on any atom is 0.294 e. The van der Waals surface area contributed by atoms with E-state index in [1.165, 1.54) is 6.07 Å². The molecule has 3 aromatic rings. The average molecular weight is 484 g/mol. The first kappa shape index (κ1) is 21.0. The highest BCUT2D eigenvalue weighted by Gasteiger charge is 2.35. The molecule has 158 valence electrons. The van der Waals surface area contributed by atoms with Crippen LogP contribution >= 0.6 is 15.9 Å². The van der Waals surface area contributed by atoms with Gasteiger partial charge in [0, 0.05) is 26.9 Å². The molecule has 0 unspecified atom stereocenters. The molecule has 0 saturated heterocycles. The van der Waals surface area contributed by atoms with E-state index in [-0.39, 0.29) is 29.0 Å². The molecule has 0 saturated carbocycles. The Balaban J connectivity index is 2.00. The van der Waals surface area contributed by atoms with Crippen LogP contribution in [0.1, 0.15) is 31.8 Å². The number of amides is 2. The van der Waals surface area contributed by atoms with Crippen molar-refractivity contribution >= 4 is 55.6 Å². The van der Waals surface area contributed by atoms with Gasteiger partial charge in [0.2, 0.25) is 0 Å². The van der Waals surface area contributed by atoms with E-state index in [4.69, 9.17) is 0 Å². The molecule has 0 aliphatic carbocycles. The predicted octanol–water partition coefficient (Wildman–Crippen LogP) is 4.46. The van der Waals surface area contributed by atoms with Crippen LogP contribution < -0.4 is 5.32 Å². The quantitative estimate of drug-likeness (QED) is 0.314. The van der Waals surface area contributed by atoms with Gasteiger partial charge in [0.05, 0.1) is 29.3 Å². The molecule has 0 atom stereocenters. The highest BCUT2D eigenvalue weighted by Crippen LogP contribution is 2.42. The molecule has 0 radical (unpaired) electrons. The zero-order chi connectivity index (χ0) is 22.4. The maximum atomic E-state index is 12.9. The third-order valence-electron chi connectivity index (χ3n) is 5.45. The number of aliphatic hydroxyl groups is 1. The van der Waals surface area contributed by atoms with Gasteiger partial charge < -0.3 is 10.4 Å². The van der Waals surface area contributed by atoms with E-state index in [1.807, 2.05) is 26.0 Å². The first-order valence-electron chi connectivity index (χ1n) is 9.49. The topological polar surface area (TPSA) is 113 Å². The van der Waals surface area contributed by atoms with Crippen molar-refractivity contribution in [1.29, 1.82) is 0 Å². The Morgan fingerprint density at radius 3 is 2.45 bits per heavy atom. The second-order valence-electron chi connectivity index (χ2n) is 7.33. The molecule has 8 nitrogen and oxygen atoms in total. The number of anilines is 2. The summed E-state index contributed by atoms with van der Waals surface area (Å²) in [5, 5.41) is 25.1. The number of nitrogens with zero attached hydrogens (tertiary/aromatic N) is 2. The fourth-order valence-corrected chi connectivity index (χ4v) is 4.35. The Labute approximate surface area is 185 Å². The monoisotopic (exact) mass is 483 g/mol. The second-order valence-corrected chi connectivity index (χ2v) is 8.18. The first-order chi connectivity index (χ1) is 14.7. The minimum absolute atomic E-state index is 0.0649. The average Bonchev–Trinajstić information content (AvgIpc) is 2.73. The molecule has 2 amide bonds. The summed E-state index contributed by atoms with van der Waals surface area (Å²) in [5.41, 5.74) is 2.93. The third kappa shape index (κ3) is 3.35. The molecule has 0 fully saturated rings. The highest BCUT2D eigenvalue weighted by molar-refractivity contribution is 9.10. The van der Waals surface area contributed by atoms with Gasteiger partial charge in [-0.3, -0.25) is 24.6 Å². The summed E-state index contributed by atoms with van der Waals surface area (Å²) >= 11 is 3.49. The molecule has 4 rings (SSSR count). The number of carbonyl (C=O) groups excluding carboxylic acids is 2. The predicted molar refractivity (Wildman–Crippen MR) is 120 cm³/mol. The largest absolute Gasteiger partial charge is 0.395 e. The van der Waals surface area contributed by atoms with Gasteiger partial charge in [-0.15, -0.1) is 0 Å². The highest BCUT2D eigenvalue weighted by atomic mass is 79.9. The Kier molecular flexibility index (Phi) is 5.24. The molecule has 31 heavy (non-hydrogen) atoms. The van der Waals surface area contributed by atoms with Crippen molar-refractivity contribution in [3.63, 3.8) is 0 Å². The molecular weight excluding hydrogens is 466 g/mol. The number of rotatable bonds is 5. The summed E-state index contributed by atoms with van der Waals surface area (Å²) in [6.45, 7) is 3.32. The molecule has 1 aliphatic rings. The Bertz CT molecular complexity index is 1290. The number of hydrogen-bond acceptors (Lipinski definition) is 6. The maximum absolute atomic E-state index is 12.9. The molecule has 9 heteroatoms. The summed E-state index contributed by atoms with van der Waals surface area (Å²) in [5.74, 6) is -1.20. The molecule has 0 spiro atoms. The Morgan fingerprint density at radius 2 is 1.77 bits per heavy atom. The summed E-state index contributed by atoms with van der Waals surface area (Å²) in [4.78, 5) is 38.1. The number of benzene rings is 3. The lowest BCUT2D eigenvalue weighted by atomic mass is 9.92. The molecule has 1 aliphatic heterocycles. The number of nitrogens with one attached hydrogen (secondary N) is 1. The van der Waals surface area contributed by atoms with Gasteiger partial charge in [0.25, 0.3) is 17.5 Å². The summed E-state index contributed by atoms with van der Waals surface area (Å²) in [7, 11) is 0. The number of aliphatic hydroxyl groups excluding tert-OH is 1. The van der Waals surface area contributed by atoms with E-state index in [9.17, 15) is 24.8 Å². The van der Waals surface area contributed by atoms with E-state index < -0.39 is 23.3 Å². The Hall–Kier alpha value is -3.30. The van der Waals surface area contributed by atoms with Crippen LogP contribution in [-0.4, -0.2) is 39.9 Å². The van der Waals surface area contributed by atoms with Crippen LogP contribution in [0.4, 0.5) is 17.1 Å². The van der Waals surface area contributed by atoms with Gasteiger partial charge in [-0.25, -0.2) is 0 Å². The van der Waals surface area contributed by atoms with Crippen molar-refractivity contribution in [3.05, 3.63) is 73.2 Å². The van der Waals surface area contributed by atoms with E-state index in [0.717, 1.165) is 20.5 Å². The van der Waals surface area contributed by atoms with Crippen LogP contribution in [0.2, 0.25) is 0 Å². The third-order valence-corrected chi connectivity index (χ3v) is 6.11. The first-order valence-corrected chi connectivity index (χ1v) is 10.3. The normalized spacial score (nSPS) is 13.1. The zero-order valence-electron chi connectivity index (χ0n) is 16.7. The molecule has 0 bridgehead atoms. The van der Waals surface area contributed by atoms with Gasteiger partial charge in [-0.1, -0.05) is 12.1 Å². The van der Waals surface area contributed by atoms with E-state index in [2.05, 4.69) is 21.2 Å². The van der Waals surface area contributed by atoms with Gasteiger partial charge in [-0.05, 0) is 59.1 Å². The van der Waals surface area contributed by atoms with Crippen molar-refractivity contribution in [2.75, 3.05) is 18.5 Å². The lowest BCUT2D eigenvalue weighted by Crippen LogP contribution is -2.42. The summed E-state index contributed by atoms with van der Waals surface area (Å²) in [6.07, 6.45) is 0. The minimum atomic E-state index is -0.662. The number of hydrogen-bond donors (Lipinski definition) is 2. The van der Waals surface area contributed by atoms with Crippen molar-refractivity contribution in [2.24, 2.45) is 0 Å². The lowest BCUT2D eigenvalue weighted by molar-refractivity contribution is -0.383. The summed E-state index contributed by atoms with van der Waals surface area (Å²) < 4.78 is 0.728. The van der Waals surface area contributed by atoms with E-state index in [0.29, 0.717) is 16.5 Å². The van der Waals surface area contributed by atoms with Gasteiger partial charge in [0.15, 0.2) is 0 Å². The van der Waals surface area contributed by atoms with Crippen LogP contribution in [0.3, 0.4) is 0 Å². The number of carbonyl (C=O) groups is 2. The Morgan fingerprint density at radius 1 is 1.10 bits per heavy atom. The van der Waals surface area contributed by atoms with Gasteiger partial charge >= 0.3 is 0 Å². The smallest absolute Gasteiger partial charge is 0.294 e. The number of nitro benzene ring substituents is 1. The minimum Gasteiger partial charge on any atom is -0.395 e. The summed E-state index contributed by atoms with van der Waals surface area (Å²) in [6, 6.07) is 9.83. The molecule has 1 heterocycles. The zero-order valence-corrected chi connectivity index (χ0v) is 18.3. The number of nitro groups is 1. The van der Waals surface area contributed by atoms with Crippen molar-refractivity contribution in [2.45, 2.75) is 13.8 Å². The fraction of sp³-hybridized carbons (Fsp3) is 0.182. The number of β-amino-alcohol motifs (C(OH)–C–C–N with tert-alkyl or cyclic N) is 1. The number of imide groups is 1. The van der Waals surface area contributed by atoms with Crippen molar-refractivity contribution in [1.82, 2.24) is 4.90 Å². The van der Waals surface area contributed by atoms with Crippen LogP contribution in [-0.2, 0) is 0 Å². The van der Waals surface area contributed by atoms with Gasteiger partial charge in [0.1, 0.15) is 5.69 Å². The van der Waals surface area contributed by atoms with Crippen LogP contribution in [0, 0.1) is 24.0 Å². The molecule has 3 aromatic carbocycles. The standard InChI is InChI=1S/C22H18BrN3O5/c1-11-8-16(23)17(9-12(11)2)24-20-13-4-3-5-14-19(13)15(10-18(20)26(30)31)22(29)25(6-7-27)21(14)28/h3-5,8-10,24,27H,6-7H2,1-2H3. The van der Waals surface area contributed by atoms with E-state index >= 15 is 0 Å². The van der Waals surface area contributed by atoms with Crippen molar-refractivity contribution < 1.29 is 19.6 Å². The SMILES string of the molecule is Cc1cc(Br)c(Nc2c([N+](=O)[O-])cc3c4c(cccc24)C(=O)N(CCO)C3=O)cc1C. The lowest BCUT2D eigenvalue weighted by Gasteiger charge is -2.27.